The number of sulfonamides is 1. The van der Waals surface area contributed by atoms with E-state index < -0.39 is 15.3 Å². The van der Waals surface area contributed by atoms with Gasteiger partial charge in [-0.1, -0.05) is 11.6 Å². The largest absolute Gasteiger partial charge is 0.369 e. The van der Waals surface area contributed by atoms with Gasteiger partial charge in [0.05, 0.1) is 5.25 Å². The number of hydrogen-bond acceptors (Lipinski definition) is 4. The molecule has 1 aliphatic heterocycles. The van der Waals surface area contributed by atoms with Crippen molar-refractivity contribution >= 4 is 27.3 Å². The molecule has 1 aliphatic rings. The first-order chi connectivity index (χ1) is 9.45. The van der Waals surface area contributed by atoms with Crippen molar-refractivity contribution < 1.29 is 8.42 Å². The van der Waals surface area contributed by atoms with E-state index in [2.05, 4.69) is 4.90 Å². The molecule has 0 aliphatic carbocycles. The van der Waals surface area contributed by atoms with E-state index in [1.54, 1.807) is 6.92 Å². The van der Waals surface area contributed by atoms with Gasteiger partial charge in [-0.05, 0) is 31.2 Å². The molecule has 1 fully saturated rings. The number of benzene rings is 1. The molecular weight excluding hydrogens is 298 g/mol. The summed E-state index contributed by atoms with van der Waals surface area (Å²) >= 11 is 5.87. The van der Waals surface area contributed by atoms with Crippen molar-refractivity contribution in [3.05, 3.63) is 29.3 Å². The minimum absolute atomic E-state index is 0.153. The van der Waals surface area contributed by atoms with Crippen LogP contribution < -0.4 is 10.6 Å². The summed E-state index contributed by atoms with van der Waals surface area (Å²) < 4.78 is 26.0. The normalized spacial score (nSPS) is 19.1. The Labute approximate surface area is 125 Å². The maximum atomic E-state index is 12.2. The fraction of sp³-hybridized carbons (Fsp3) is 0.538. The lowest BCUT2D eigenvalue weighted by atomic mass is 10.2. The zero-order valence-electron chi connectivity index (χ0n) is 11.5. The monoisotopic (exact) mass is 317 g/mol. The first-order valence-corrected chi connectivity index (χ1v) is 8.53. The molecule has 2 N–H and O–H groups in total. The molecule has 20 heavy (non-hydrogen) atoms. The number of nitrogens with two attached hydrogens (primary N) is 1. The average molecular weight is 318 g/mol. The molecule has 1 atom stereocenters. The highest BCUT2D eigenvalue weighted by Crippen LogP contribution is 2.21. The summed E-state index contributed by atoms with van der Waals surface area (Å²) in [6.07, 6.45) is 0. The Balaban J connectivity index is 2.01. The second kappa shape index (κ2) is 6.30. The molecule has 1 unspecified atom stereocenters. The molecule has 0 bridgehead atoms. The molecular formula is C13H20ClN3O2S. The van der Waals surface area contributed by atoms with Crippen molar-refractivity contribution in [2.75, 3.05) is 37.6 Å². The van der Waals surface area contributed by atoms with Gasteiger partial charge in [0, 0.05) is 43.4 Å². The van der Waals surface area contributed by atoms with Crippen molar-refractivity contribution in [3.63, 3.8) is 0 Å². The summed E-state index contributed by atoms with van der Waals surface area (Å²) in [5.74, 6) is 0. The van der Waals surface area contributed by atoms with Gasteiger partial charge in [0.2, 0.25) is 10.0 Å². The lowest BCUT2D eigenvalue weighted by Gasteiger charge is -2.36. The van der Waals surface area contributed by atoms with Crippen LogP contribution in [-0.2, 0) is 10.0 Å². The Bertz CT molecular complexity index is 539. The third kappa shape index (κ3) is 3.25. The van der Waals surface area contributed by atoms with Gasteiger partial charge < -0.3 is 10.6 Å². The zero-order valence-corrected chi connectivity index (χ0v) is 13.1. The molecule has 0 radical (unpaired) electrons. The van der Waals surface area contributed by atoms with Gasteiger partial charge in [-0.25, -0.2) is 8.42 Å². The lowest BCUT2D eigenvalue weighted by molar-refractivity contribution is 0.380. The van der Waals surface area contributed by atoms with Crippen LogP contribution in [0.3, 0.4) is 0 Å². The van der Waals surface area contributed by atoms with Gasteiger partial charge in [-0.3, -0.25) is 0 Å². The van der Waals surface area contributed by atoms with Crippen LogP contribution in [0.5, 0.6) is 0 Å². The molecule has 1 aromatic carbocycles. The second-order valence-electron chi connectivity index (χ2n) is 4.95. The van der Waals surface area contributed by atoms with Crippen LogP contribution in [0.25, 0.3) is 0 Å². The van der Waals surface area contributed by atoms with Gasteiger partial charge in [-0.15, -0.1) is 0 Å². The lowest BCUT2D eigenvalue weighted by Crippen LogP contribution is -2.51. The van der Waals surface area contributed by atoms with Crippen molar-refractivity contribution in [3.8, 4) is 0 Å². The molecule has 2 rings (SSSR count). The SMILES string of the molecule is CC(CN)S(=O)(=O)N1CCN(c2ccc(Cl)cc2)CC1. The van der Waals surface area contributed by atoms with Crippen LogP contribution in [0.4, 0.5) is 5.69 Å². The quantitative estimate of drug-likeness (QED) is 0.904. The first-order valence-electron chi connectivity index (χ1n) is 6.64. The molecule has 112 valence electrons. The Morgan fingerprint density at radius 3 is 2.25 bits per heavy atom. The fourth-order valence-electron chi connectivity index (χ4n) is 2.23. The summed E-state index contributed by atoms with van der Waals surface area (Å²) in [6, 6.07) is 7.59. The van der Waals surface area contributed by atoms with Crippen LogP contribution >= 0.6 is 11.6 Å². The molecule has 0 spiro atoms. The van der Waals surface area contributed by atoms with Gasteiger partial charge in [-0.2, -0.15) is 4.31 Å². The Morgan fingerprint density at radius 1 is 1.20 bits per heavy atom. The predicted octanol–water partition coefficient (Wildman–Crippen LogP) is 1.14. The van der Waals surface area contributed by atoms with Gasteiger partial charge >= 0.3 is 0 Å². The molecule has 1 aromatic rings. The smallest absolute Gasteiger partial charge is 0.218 e. The Morgan fingerprint density at radius 2 is 1.75 bits per heavy atom. The summed E-state index contributed by atoms with van der Waals surface area (Å²) in [6.45, 7) is 4.15. The number of halogens is 1. The number of rotatable bonds is 4. The Hall–Kier alpha value is -0.820. The highest BCUT2D eigenvalue weighted by molar-refractivity contribution is 7.89. The number of anilines is 1. The van der Waals surface area contributed by atoms with E-state index in [0.717, 1.165) is 5.69 Å². The number of piperazine rings is 1. The van der Waals surface area contributed by atoms with E-state index in [-0.39, 0.29) is 6.54 Å². The molecule has 1 saturated heterocycles. The van der Waals surface area contributed by atoms with Crippen molar-refractivity contribution in [2.45, 2.75) is 12.2 Å². The molecule has 5 nitrogen and oxygen atoms in total. The third-order valence-electron chi connectivity index (χ3n) is 3.63. The summed E-state index contributed by atoms with van der Waals surface area (Å²) in [7, 11) is -3.26. The predicted molar refractivity (Wildman–Crippen MR) is 82.7 cm³/mol. The summed E-state index contributed by atoms with van der Waals surface area (Å²) in [5, 5.41) is 0.177. The summed E-state index contributed by atoms with van der Waals surface area (Å²) in [4.78, 5) is 2.16. The topological polar surface area (TPSA) is 66.6 Å². The van der Waals surface area contributed by atoms with E-state index in [1.165, 1.54) is 4.31 Å². The van der Waals surface area contributed by atoms with E-state index >= 15 is 0 Å². The average Bonchev–Trinajstić information content (AvgIpc) is 2.47. The highest BCUT2D eigenvalue weighted by atomic mass is 35.5. The molecule has 7 heteroatoms. The van der Waals surface area contributed by atoms with Crippen LogP contribution in [0, 0.1) is 0 Å². The standard InChI is InChI=1S/C13H20ClN3O2S/c1-11(10-15)20(18,19)17-8-6-16(7-9-17)13-4-2-12(14)3-5-13/h2-5,11H,6-10,15H2,1H3. The van der Waals surface area contributed by atoms with Gasteiger partial charge in [0.1, 0.15) is 0 Å². The van der Waals surface area contributed by atoms with E-state index in [0.29, 0.717) is 31.2 Å². The highest BCUT2D eigenvalue weighted by Gasteiger charge is 2.30. The van der Waals surface area contributed by atoms with E-state index in [4.69, 9.17) is 17.3 Å². The van der Waals surface area contributed by atoms with E-state index in [9.17, 15) is 8.42 Å². The fourth-order valence-corrected chi connectivity index (χ4v) is 3.78. The minimum atomic E-state index is -3.26. The minimum Gasteiger partial charge on any atom is -0.369 e. The maximum Gasteiger partial charge on any atom is 0.218 e. The number of nitrogens with zero attached hydrogens (tertiary/aromatic N) is 2. The van der Waals surface area contributed by atoms with Crippen LogP contribution in [-0.4, -0.2) is 50.7 Å². The van der Waals surface area contributed by atoms with Crippen molar-refractivity contribution in [1.29, 1.82) is 0 Å². The number of hydrogen-bond donors (Lipinski definition) is 1. The second-order valence-corrected chi connectivity index (χ2v) is 7.74. The van der Waals surface area contributed by atoms with Crippen molar-refractivity contribution in [1.82, 2.24) is 4.31 Å². The van der Waals surface area contributed by atoms with Crippen LogP contribution in [0.2, 0.25) is 5.02 Å². The molecule has 1 heterocycles. The van der Waals surface area contributed by atoms with Gasteiger partial charge in [0.15, 0.2) is 0 Å². The Kier molecular flexibility index (Phi) is 4.90. The third-order valence-corrected chi connectivity index (χ3v) is 6.18. The zero-order chi connectivity index (χ0) is 14.8. The van der Waals surface area contributed by atoms with Crippen LogP contribution in [0.15, 0.2) is 24.3 Å². The maximum absolute atomic E-state index is 12.2. The molecule has 0 saturated carbocycles. The summed E-state index contributed by atoms with van der Waals surface area (Å²) in [5.41, 5.74) is 6.54. The van der Waals surface area contributed by atoms with E-state index in [1.807, 2.05) is 24.3 Å². The molecule has 0 aromatic heterocycles. The molecule has 0 amide bonds. The van der Waals surface area contributed by atoms with Crippen LogP contribution in [0.1, 0.15) is 6.92 Å². The first kappa shape index (κ1) is 15.6. The van der Waals surface area contributed by atoms with Gasteiger partial charge in [0.25, 0.3) is 0 Å². The van der Waals surface area contributed by atoms with Crippen molar-refractivity contribution in [2.24, 2.45) is 5.73 Å².